The predicted octanol–water partition coefficient (Wildman–Crippen LogP) is 5.22. The number of carbonyl (C=O) groups excluding carboxylic acids is 2. The predicted molar refractivity (Wildman–Crippen MR) is 124 cm³/mol. The molecular formula is C23H22ClN3O3S. The molecule has 160 valence electrons. The third-order valence-corrected chi connectivity index (χ3v) is 6.14. The second kappa shape index (κ2) is 8.69. The third kappa shape index (κ3) is 4.43. The number of nitrogens with one attached hydrogen (secondary N) is 1. The van der Waals surface area contributed by atoms with Crippen molar-refractivity contribution in [3.05, 3.63) is 57.4 Å². The summed E-state index contributed by atoms with van der Waals surface area (Å²) in [5.74, 6) is 0.0272. The smallest absolute Gasteiger partial charge is 0.268 e. The van der Waals surface area contributed by atoms with Gasteiger partial charge in [-0.3, -0.25) is 14.5 Å². The number of nitrogens with zero attached hydrogens (tertiary/aromatic N) is 2. The Kier molecular flexibility index (Phi) is 5.98. The summed E-state index contributed by atoms with van der Waals surface area (Å²) in [6, 6.07) is 12.5. The molecule has 2 aromatic carbocycles. The zero-order valence-corrected chi connectivity index (χ0v) is 19.0. The first-order valence-electron chi connectivity index (χ1n) is 9.97. The van der Waals surface area contributed by atoms with E-state index in [1.54, 1.807) is 35.6 Å². The van der Waals surface area contributed by atoms with Gasteiger partial charge in [0.2, 0.25) is 5.91 Å². The van der Waals surface area contributed by atoms with Crippen molar-refractivity contribution in [1.29, 1.82) is 0 Å². The maximum absolute atomic E-state index is 13.1. The molecule has 8 heteroatoms. The van der Waals surface area contributed by atoms with Crippen LogP contribution in [0.5, 0.6) is 5.75 Å². The first-order chi connectivity index (χ1) is 14.9. The van der Waals surface area contributed by atoms with E-state index in [1.165, 1.54) is 4.90 Å². The number of rotatable bonds is 5. The van der Waals surface area contributed by atoms with Crippen LogP contribution in [-0.4, -0.2) is 29.4 Å². The van der Waals surface area contributed by atoms with E-state index in [9.17, 15) is 9.59 Å². The SMILES string of the molecule is CCC1Oc2ccc(-c3nc(C)sc3C)cc2N(CC(=O)Nc2cccc(Cl)c2)C1=O. The molecular weight excluding hydrogens is 434 g/mol. The molecule has 6 nitrogen and oxygen atoms in total. The Hall–Kier alpha value is -2.90. The van der Waals surface area contributed by atoms with Gasteiger partial charge in [0.05, 0.1) is 16.4 Å². The summed E-state index contributed by atoms with van der Waals surface area (Å²) in [5, 5.41) is 4.30. The lowest BCUT2D eigenvalue weighted by molar-refractivity contribution is -0.128. The number of anilines is 2. The van der Waals surface area contributed by atoms with Crippen molar-refractivity contribution in [1.82, 2.24) is 4.98 Å². The number of hydrogen-bond donors (Lipinski definition) is 1. The van der Waals surface area contributed by atoms with Gasteiger partial charge in [-0.15, -0.1) is 11.3 Å². The topological polar surface area (TPSA) is 71.5 Å². The van der Waals surface area contributed by atoms with Gasteiger partial charge in [-0.05, 0) is 56.7 Å². The van der Waals surface area contributed by atoms with Crippen molar-refractivity contribution in [3.63, 3.8) is 0 Å². The largest absolute Gasteiger partial charge is 0.478 e. The van der Waals surface area contributed by atoms with Gasteiger partial charge in [-0.2, -0.15) is 0 Å². The molecule has 4 rings (SSSR count). The zero-order chi connectivity index (χ0) is 22.1. The van der Waals surface area contributed by atoms with Gasteiger partial charge in [0, 0.05) is 21.2 Å². The molecule has 2 amide bonds. The lowest BCUT2D eigenvalue weighted by atomic mass is 10.1. The number of thiazole rings is 1. The molecule has 1 unspecified atom stereocenters. The number of hydrogen-bond acceptors (Lipinski definition) is 5. The van der Waals surface area contributed by atoms with E-state index in [0.29, 0.717) is 28.6 Å². The minimum absolute atomic E-state index is 0.128. The van der Waals surface area contributed by atoms with Crippen LogP contribution in [0, 0.1) is 13.8 Å². The first-order valence-corrected chi connectivity index (χ1v) is 11.2. The number of halogens is 1. The minimum Gasteiger partial charge on any atom is -0.478 e. The van der Waals surface area contributed by atoms with Gasteiger partial charge >= 0.3 is 0 Å². The van der Waals surface area contributed by atoms with E-state index in [2.05, 4.69) is 10.3 Å². The number of aromatic nitrogens is 1. The number of carbonyl (C=O) groups is 2. The van der Waals surface area contributed by atoms with E-state index in [1.807, 2.05) is 39.0 Å². The monoisotopic (exact) mass is 455 g/mol. The maximum Gasteiger partial charge on any atom is 0.268 e. The van der Waals surface area contributed by atoms with Crippen LogP contribution in [0.1, 0.15) is 23.2 Å². The van der Waals surface area contributed by atoms with E-state index in [-0.39, 0.29) is 18.4 Å². The molecule has 2 heterocycles. The number of ether oxygens (including phenoxy) is 1. The molecule has 31 heavy (non-hydrogen) atoms. The molecule has 0 saturated heterocycles. The summed E-state index contributed by atoms with van der Waals surface area (Å²) in [6.45, 7) is 5.74. The van der Waals surface area contributed by atoms with Crippen molar-refractivity contribution in [3.8, 4) is 17.0 Å². The fraction of sp³-hybridized carbons (Fsp3) is 0.261. The van der Waals surface area contributed by atoms with E-state index >= 15 is 0 Å². The zero-order valence-electron chi connectivity index (χ0n) is 17.4. The Morgan fingerprint density at radius 1 is 1.26 bits per heavy atom. The van der Waals surface area contributed by atoms with Crippen LogP contribution in [0.15, 0.2) is 42.5 Å². The van der Waals surface area contributed by atoms with Gasteiger partial charge in [0.25, 0.3) is 5.91 Å². The Balaban J connectivity index is 1.66. The molecule has 0 aliphatic carbocycles. The molecule has 0 spiro atoms. The summed E-state index contributed by atoms with van der Waals surface area (Å²) in [6.07, 6.45) is -0.114. The average Bonchev–Trinajstić information content (AvgIpc) is 3.07. The van der Waals surface area contributed by atoms with Gasteiger partial charge < -0.3 is 10.1 Å². The quantitative estimate of drug-likeness (QED) is 0.572. The Bertz CT molecular complexity index is 1160. The average molecular weight is 456 g/mol. The molecule has 1 aromatic heterocycles. The van der Waals surface area contributed by atoms with Crippen LogP contribution in [0.3, 0.4) is 0 Å². The van der Waals surface area contributed by atoms with Crippen LogP contribution in [0.4, 0.5) is 11.4 Å². The minimum atomic E-state index is -0.624. The van der Waals surface area contributed by atoms with E-state index < -0.39 is 6.10 Å². The lowest BCUT2D eigenvalue weighted by Gasteiger charge is -2.34. The fourth-order valence-corrected chi connectivity index (χ4v) is 4.63. The summed E-state index contributed by atoms with van der Waals surface area (Å²) >= 11 is 7.62. The summed E-state index contributed by atoms with van der Waals surface area (Å²) < 4.78 is 5.91. The van der Waals surface area contributed by atoms with Crippen molar-refractivity contribution in [2.24, 2.45) is 0 Å². The number of fused-ring (bicyclic) bond motifs is 1. The molecule has 0 radical (unpaired) electrons. The fourth-order valence-electron chi connectivity index (χ4n) is 3.60. The second-order valence-corrected chi connectivity index (χ2v) is 9.16. The summed E-state index contributed by atoms with van der Waals surface area (Å²) in [5.41, 5.74) is 2.90. The normalized spacial score (nSPS) is 15.4. The van der Waals surface area contributed by atoms with Crippen molar-refractivity contribution < 1.29 is 14.3 Å². The van der Waals surface area contributed by atoms with Crippen LogP contribution in [0.2, 0.25) is 5.02 Å². The van der Waals surface area contributed by atoms with Crippen LogP contribution in [0.25, 0.3) is 11.3 Å². The lowest BCUT2D eigenvalue weighted by Crippen LogP contribution is -2.48. The number of benzene rings is 2. The van der Waals surface area contributed by atoms with E-state index in [4.69, 9.17) is 16.3 Å². The first kappa shape index (κ1) is 21.3. The van der Waals surface area contributed by atoms with Crippen molar-refractivity contribution >= 4 is 46.1 Å². The highest BCUT2D eigenvalue weighted by Crippen LogP contribution is 2.39. The van der Waals surface area contributed by atoms with Gasteiger partial charge in [-0.25, -0.2) is 4.98 Å². The molecule has 1 aliphatic heterocycles. The Labute approximate surface area is 189 Å². The molecule has 1 N–H and O–H groups in total. The standard InChI is InChI=1S/C23H22ClN3O3S/c1-4-19-23(29)27(12-21(28)26-17-7-5-6-16(24)11-17)18-10-15(8-9-20(18)30-19)22-13(2)31-14(3)25-22/h5-11,19H,4,12H2,1-3H3,(H,26,28). The van der Waals surface area contributed by atoms with Gasteiger partial charge in [0.1, 0.15) is 12.3 Å². The van der Waals surface area contributed by atoms with Crippen LogP contribution >= 0.6 is 22.9 Å². The Morgan fingerprint density at radius 2 is 2.06 bits per heavy atom. The van der Waals surface area contributed by atoms with Gasteiger partial charge in [0.15, 0.2) is 6.10 Å². The van der Waals surface area contributed by atoms with Crippen molar-refractivity contribution in [2.45, 2.75) is 33.3 Å². The van der Waals surface area contributed by atoms with Gasteiger partial charge in [-0.1, -0.05) is 24.6 Å². The molecule has 3 aromatic rings. The maximum atomic E-state index is 13.1. The second-order valence-electron chi connectivity index (χ2n) is 7.32. The molecule has 1 aliphatic rings. The molecule has 0 saturated carbocycles. The highest BCUT2D eigenvalue weighted by Gasteiger charge is 2.35. The molecule has 0 bridgehead atoms. The van der Waals surface area contributed by atoms with Crippen molar-refractivity contribution in [2.75, 3.05) is 16.8 Å². The third-order valence-electron chi connectivity index (χ3n) is 5.02. The van der Waals surface area contributed by atoms with Crippen LogP contribution < -0.4 is 15.0 Å². The summed E-state index contributed by atoms with van der Waals surface area (Å²) in [4.78, 5) is 33.0. The highest BCUT2D eigenvalue weighted by atomic mass is 35.5. The number of aryl methyl sites for hydroxylation is 2. The van der Waals surface area contributed by atoms with E-state index in [0.717, 1.165) is 21.1 Å². The Morgan fingerprint density at radius 3 is 2.74 bits per heavy atom. The molecule has 1 atom stereocenters. The molecule has 0 fully saturated rings. The summed E-state index contributed by atoms with van der Waals surface area (Å²) in [7, 11) is 0. The number of amides is 2. The van der Waals surface area contributed by atoms with Crippen LogP contribution in [-0.2, 0) is 9.59 Å². The highest BCUT2D eigenvalue weighted by molar-refractivity contribution is 7.11.